The SMILES string of the molecule is C/C=N\C(=C\CCNN(CC)C1CCN(C(=O)OC(C)(C)C)C(=O)C1)N(N)COCC[Si](C)(C)C. The second-order valence-corrected chi connectivity index (χ2v) is 16.5. The lowest BCUT2D eigenvalue weighted by atomic mass is 10.0. The summed E-state index contributed by atoms with van der Waals surface area (Å²) < 4.78 is 11.1. The summed E-state index contributed by atoms with van der Waals surface area (Å²) in [5, 5.41) is 3.59. The molecule has 1 aliphatic rings. The minimum atomic E-state index is -1.14. The molecular weight excluding hydrogens is 464 g/mol. The number of carbonyl (C=O) groups excluding carboxylic acids is 2. The van der Waals surface area contributed by atoms with Crippen molar-refractivity contribution in [3.05, 3.63) is 11.9 Å². The van der Waals surface area contributed by atoms with Gasteiger partial charge in [0, 0.05) is 53.0 Å². The molecule has 35 heavy (non-hydrogen) atoms. The number of nitrogens with zero attached hydrogens (tertiary/aromatic N) is 4. The summed E-state index contributed by atoms with van der Waals surface area (Å²) in [6, 6.07) is 1.11. The van der Waals surface area contributed by atoms with Crippen LogP contribution < -0.4 is 11.3 Å². The summed E-state index contributed by atoms with van der Waals surface area (Å²) in [5.41, 5.74) is 2.78. The van der Waals surface area contributed by atoms with Crippen molar-refractivity contribution in [2.75, 3.05) is 33.0 Å². The summed E-state index contributed by atoms with van der Waals surface area (Å²) in [4.78, 5) is 30.5. The summed E-state index contributed by atoms with van der Waals surface area (Å²) in [6.07, 6.45) is 4.78. The maximum Gasteiger partial charge on any atom is 0.417 e. The molecule has 0 aliphatic carbocycles. The number of imide groups is 1. The number of hydrazine groups is 2. The Balaban J connectivity index is 2.53. The van der Waals surface area contributed by atoms with E-state index in [1.54, 1.807) is 27.0 Å². The van der Waals surface area contributed by atoms with Gasteiger partial charge in [-0.15, -0.1) is 0 Å². The number of rotatable bonds is 13. The molecular formula is C24H48N6O4Si. The smallest absolute Gasteiger partial charge is 0.417 e. The fourth-order valence-corrected chi connectivity index (χ4v) is 4.24. The topological polar surface area (TPSA) is 113 Å². The minimum Gasteiger partial charge on any atom is -0.443 e. The Morgan fingerprint density at radius 3 is 2.57 bits per heavy atom. The first-order valence-corrected chi connectivity index (χ1v) is 16.3. The van der Waals surface area contributed by atoms with Crippen molar-refractivity contribution in [3.8, 4) is 0 Å². The molecule has 1 fully saturated rings. The van der Waals surface area contributed by atoms with Gasteiger partial charge in [-0.3, -0.25) is 15.2 Å². The Kier molecular flexibility index (Phi) is 13.1. The third-order valence-corrected chi connectivity index (χ3v) is 7.07. The van der Waals surface area contributed by atoms with Gasteiger partial charge in [-0.2, -0.15) is 0 Å². The highest BCUT2D eigenvalue weighted by Crippen LogP contribution is 2.19. The van der Waals surface area contributed by atoms with E-state index < -0.39 is 19.8 Å². The first-order chi connectivity index (χ1) is 16.3. The standard InChI is InChI=1S/C24H48N6O4Si/c1-9-26-21(29(25)19-33-16-17-35(6,7)8)12-11-14-27-30(10-2)20-13-15-28(22(31)18-20)23(32)34-24(3,4)5/h9,12,20,27H,10-11,13-19,25H2,1-8H3/b21-12-,26-9-. The molecule has 3 N–H and O–H groups in total. The molecule has 1 saturated heterocycles. The molecule has 1 rings (SSSR count). The van der Waals surface area contributed by atoms with Gasteiger partial charge in [-0.25, -0.2) is 25.5 Å². The summed E-state index contributed by atoms with van der Waals surface area (Å²) >= 11 is 0. The van der Waals surface area contributed by atoms with E-state index in [9.17, 15) is 9.59 Å². The maximum absolute atomic E-state index is 12.6. The van der Waals surface area contributed by atoms with Gasteiger partial charge in [0.25, 0.3) is 0 Å². The molecule has 1 aliphatic heterocycles. The highest BCUT2D eigenvalue weighted by molar-refractivity contribution is 6.76. The van der Waals surface area contributed by atoms with E-state index in [-0.39, 0.29) is 18.4 Å². The predicted octanol–water partition coefficient (Wildman–Crippen LogP) is 3.55. The molecule has 1 heterocycles. The Labute approximate surface area is 212 Å². The third-order valence-electron chi connectivity index (χ3n) is 5.36. The fraction of sp³-hybridized carbons (Fsp3) is 0.792. The molecule has 0 aromatic carbocycles. The van der Waals surface area contributed by atoms with Crippen molar-refractivity contribution in [3.63, 3.8) is 0 Å². The van der Waals surface area contributed by atoms with Crippen LogP contribution in [0.2, 0.25) is 25.7 Å². The number of aliphatic imine (C=N–C) groups is 1. The number of likely N-dealkylation sites (tertiary alicyclic amines) is 1. The average molecular weight is 513 g/mol. The molecule has 1 atom stereocenters. The number of nitrogens with one attached hydrogen (secondary N) is 1. The van der Waals surface area contributed by atoms with Crippen LogP contribution in [-0.4, -0.2) is 85.8 Å². The van der Waals surface area contributed by atoms with Crippen LogP contribution in [0.5, 0.6) is 0 Å². The number of piperidine rings is 1. The fourth-order valence-electron chi connectivity index (χ4n) is 3.49. The van der Waals surface area contributed by atoms with Gasteiger partial charge >= 0.3 is 6.09 Å². The molecule has 0 saturated carbocycles. The van der Waals surface area contributed by atoms with Crippen molar-refractivity contribution in [1.82, 2.24) is 20.3 Å². The minimum absolute atomic E-state index is 0.0223. The van der Waals surface area contributed by atoms with Gasteiger partial charge in [0.15, 0.2) is 0 Å². The van der Waals surface area contributed by atoms with Crippen molar-refractivity contribution in [2.24, 2.45) is 10.8 Å². The zero-order valence-electron chi connectivity index (χ0n) is 23.1. The first kappa shape index (κ1) is 31.2. The average Bonchev–Trinajstić information content (AvgIpc) is 2.73. The molecule has 202 valence electrons. The van der Waals surface area contributed by atoms with Crippen LogP contribution in [0.15, 0.2) is 16.9 Å². The molecule has 11 heteroatoms. The predicted molar refractivity (Wildman–Crippen MR) is 143 cm³/mol. The van der Waals surface area contributed by atoms with Crippen molar-refractivity contribution < 1.29 is 19.1 Å². The number of hydrogen-bond acceptors (Lipinski definition) is 9. The second-order valence-electron chi connectivity index (χ2n) is 10.9. The highest BCUT2D eigenvalue weighted by atomic mass is 28.3. The van der Waals surface area contributed by atoms with Crippen LogP contribution in [-0.2, 0) is 14.3 Å². The summed E-state index contributed by atoms with van der Waals surface area (Å²) in [7, 11) is -1.14. The molecule has 0 radical (unpaired) electrons. The van der Waals surface area contributed by atoms with Gasteiger partial charge in [0.2, 0.25) is 5.91 Å². The molecule has 0 aromatic heterocycles. The van der Waals surface area contributed by atoms with Gasteiger partial charge < -0.3 is 9.47 Å². The molecule has 0 spiro atoms. The van der Waals surface area contributed by atoms with Crippen molar-refractivity contribution >= 4 is 26.3 Å². The van der Waals surface area contributed by atoms with E-state index in [4.69, 9.17) is 15.3 Å². The third kappa shape index (κ3) is 12.6. The zero-order chi connectivity index (χ0) is 26.6. The van der Waals surface area contributed by atoms with Gasteiger partial charge in [-0.05, 0) is 52.7 Å². The number of amides is 2. The largest absolute Gasteiger partial charge is 0.443 e. The summed E-state index contributed by atoms with van der Waals surface area (Å²) in [5.74, 6) is 6.61. The zero-order valence-corrected chi connectivity index (χ0v) is 24.1. The number of nitrogens with two attached hydrogens (primary N) is 1. The van der Waals surface area contributed by atoms with Crippen LogP contribution in [0.1, 0.15) is 53.9 Å². The van der Waals surface area contributed by atoms with Gasteiger partial charge in [0.05, 0.1) is 0 Å². The van der Waals surface area contributed by atoms with E-state index in [1.807, 2.05) is 19.9 Å². The monoisotopic (exact) mass is 512 g/mol. The molecule has 10 nitrogen and oxygen atoms in total. The summed E-state index contributed by atoms with van der Waals surface area (Å²) in [6.45, 7) is 19.0. The highest BCUT2D eigenvalue weighted by Gasteiger charge is 2.34. The van der Waals surface area contributed by atoms with E-state index in [1.165, 1.54) is 9.91 Å². The molecule has 1 unspecified atom stereocenters. The Morgan fingerprint density at radius 1 is 1.34 bits per heavy atom. The van der Waals surface area contributed by atoms with E-state index in [0.717, 1.165) is 12.6 Å². The number of carbonyl (C=O) groups is 2. The van der Waals surface area contributed by atoms with E-state index >= 15 is 0 Å². The van der Waals surface area contributed by atoms with E-state index in [0.29, 0.717) is 45.1 Å². The number of ether oxygens (including phenoxy) is 2. The van der Waals surface area contributed by atoms with Crippen molar-refractivity contribution in [2.45, 2.75) is 91.2 Å². The van der Waals surface area contributed by atoms with Crippen LogP contribution in [0.25, 0.3) is 0 Å². The van der Waals surface area contributed by atoms with Crippen LogP contribution in [0.4, 0.5) is 4.79 Å². The number of hydrogen-bond donors (Lipinski definition) is 2. The lowest BCUT2D eigenvalue weighted by Crippen LogP contribution is -2.54. The maximum atomic E-state index is 12.6. The Bertz CT molecular complexity index is 733. The second kappa shape index (κ2) is 14.7. The molecule has 0 aromatic rings. The quantitative estimate of drug-likeness (QED) is 0.0962. The molecule has 2 amide bonds. The van der Waals surface area contributed by atoms with Crippen molar-refractivity contribution in [1.29, 1.82) is 0 Å². The van der Waals surface area contributed by atoms with Gasteiger partial charge in [0.1, 0.15) is 18.2 Å². The van der Waals surface area contributed by atoms with Gasteiger partial charge in [-0.1, -0.05) is 26.6 Å². The van der Waals surface area contributed by atoms with E-state index in [2.05, 4.69) is 35.1 Å². The first-order valence-electron chi connectivity index (χ1n) is 12.6. The Morgan fingerprint density at radius 2 is 2.03 bits per heavy atom. The normalized spacial score (nSPS) is 18.0. The molecule has 0 bridgehead atoms. The van der Waals surface area contributed by atoms with Crippen LogP contribution in [0, 0.1) is 0 Å². The van der Waals surface area contributed by atoms with Crippen LogP contribution in [0.3, 0.4) is 0 Å². The lowest BCUT2D eigenvalue weighted by molar-refractivity contribution is -0.135. The van der Waals surface area contributed by atoms with Crippen LogP contribution >= 0.6 is 0 Å². The lowest BCUT2D eigenvalue weighted by Gasteiger charge is -2.37. The Hall–Kier alpha value is -1.79.